The van der Waals surface area contributed by atoms with Crippen LogP contribution in [0.25, 0.3) is 11.3 Å². The summed E-state index contributed by atoms with van der Waals surface area (Å²) in [5.41, 5.74) is 4.85. The van der Waals surface area contributed by atoms with Crippen LogP contribution in [-0.2, 0) is 17.6 Å². The second-order valence-corrected chi connectivity index (χ2v) is 7.86. The van der Waals surface area contributed by atoms with Crippen molar-refractivity contribution in [2.45, 2.75) is 58.3 Å². The number of hydrogen-bond acceptors (Lipinski definition) is 5. The first-order chi connectivity index (χ1) is 15.1. The average molecular weight is 418 g/mol. The Morgan fingerprint density at radius 1 is 1.06 bits per heavy atom. The van der Waals surface area contributed by atoms with E-state index in [9.17, 15) is 4.79 Å². The van der Waals surface area contributed by atoms with E-state index >= 15 is 0 Å². The minimum Gasteiger partial charge on any atom is -0.496 e. The van der Waals surface area contributed by atoms with Crippen molar-refractivity contribution < 1.29 is 9.53 Å². The maximum Gasteiger partial charge on any atom is 0.137 e. The Labute approximate surface area is 184 Å². The van der Waals surface area contributed by atoms with E-state index in [0.717, 1.165) is 48.2 Å². The molecule has 5 heteroatoms. The van der Waals surface area contributed by atoms with Crippen molar-refractivity contribution in [3.63, 3.8) is 0 Å². The molecular formula is C26H31N3O2. The van der Waals surface area contributed by atoms with Crippen molar-refractivity contribution in [1.82, 2.24) is 15.0 Å². The molecule has 0 fully saturated rings. The van der Waals surface area contributed by atoms with Gasteiger partial charge in [-0.2, -0.15) is 0 Å². The summed E-state index contributed by atoms with van der Waals surface area (Å²) in [6, 6.07) is 10.0. The quantitative estimate of drug-likeness (QED) is 0.407. The molecule has 0 amide bonds. The zero-order valence-electron chi connectivity index (χ0n) is 18.7. The molecule has 1 unspecified atom stereocenters. The summed E-state index contributed by atoms with van der Waals surface area (Å²) in [4.78, 5) is 25.7. The first-order valence-corrected chi connectivity index (χ1v) is 11.0. The molecular weight excluding hydrogens is 386 g/mol. The fourth-order valence-electron chi connectivity index (χ4n) is 3.88. The third-order valence-electron chi connectivity index (χ3n) is 5.43. The Hall–Kier alpha value is -3.08. The number of Topliss-reactive ketones (excluding diaryl/α,β-unsaturated/α-hetero) is 1. The largest absolute Gasteiger partial charge is 0.496 e. The van der Waals surface area contributed by atoms with Gasteiger partial charge in [0.25, 0.3) is 0 Å². The van der Waals surface area contributed by atoms with Crippen LogP contribution in [-0.4, -0.2) is 27.8 Å². The number of rotatable bonds is 11. The summed E-state index contributed by atoms with van der Waals surface area (Å²) in [5.74, 6) is 1.31. The smallest absolute Gasteiger partial charge is 0.137 e. The van der Waals surface area contributed by atoms with Gasteiger partial charge in [0.1, 0.15) is 11.5 Å². The standard InChI is InChI=1S/C26H31N3O2/c1-4-7-19(22-9-6-12-27-16-22)13-23-17-28-18-25(29-23)20-10-11-21(26(15-20)31-3)14-24(30)8-5-2/h6,9-12,15-19H,4-5,7-8,13-14H2,1-3H3. The van der Waals surface area contributed by atoms with Crippen LogP contribution in [0.1, 0.15) is 62.3 Å². The zero-order valence-corrected chi connectivity index (χ0v) is 18.7. The van der Waals surface area contributed by atoms with Gasteiger partial charge in [0.2, 0.25) is 0 Å². The molecule has 162 valence electrons. The first kappa shape index (κ1) is 22.6. The number of carbonyl (C=O) groups excluding carboxylic acids is 1. The lowest BCUT2D eigenvalue weighted by Crippen LogP contribution is -2.06. The zero-order chi connectivity index (χ0) is 22.1. The maximum atomic E-state index is 12.1. The van der Waals surface area contributed by atoms with Crippen molar-refractivity contribution in [3.05, 3.63) is 71.9 Å². The first-order valence-electron chi connectivity index (χ1n) is 11.0. The Morgan fingerprint density at radius 3 is 2.65 bits per heavy atom. The number of pyridine rings is 1. The molecule has 0 aliphatic rings. The van der Waals surface area contributed by atoms with Crippen LogP contribution in [0, 0.1) is 0 Å². The molecule has 0 saturated carbocycles. The number of ketones is 1. The van der Waals surface area contributed by atoms with E-state index in [1.807, 2.05) is 43.6 Å². The highest BCUT2D eigenvalue weighted by Gasteiger charge is 2.15. The molecule has 1 aromatic carbocycles. The maximum absolute atomic E-state index is 12.1. The summed E-state index contributed by atoms with van der Waals surface area (Å²) in [7, 11) is 1.64. The van der Waals surface area contributed by atoms with E-state index in [1.165, 1.54) is 5.56 Å². The van der Waals surface area contributed by atoms with Crippen LogP contribution in [0.15, 0.2) is 55.1 Å². The van der Waals surface area contributed by atoms with Gasteiger partial charge in [-0.05, 0) is 42.9 Å². The van der Waals surface area contributed by atoms with Gasteiger partial charge in [0, 0.05) is 42.6 Å². The molecule has 5 nitrogen and oxygen atoms in total. The minimum atomic E-state index is 0.229. The van der Waals surface area contributed by atoms with E-state index in [-0.39, 0.29) is 5.78 Å². The fourth-order valence-corrected chi connectivity index (χ4v) is 3.88. The number of carbonyl (C=O) groups is 1. The van der Waals surface area contributed by atoms with Crippen LogP contribution >= 0.6 is 0 Å². The summed E-state index contributed by atoms with van der Waals surface area (Å²) in [6.07, 6.45) is 12.2. The number of hydrogen-bond donors (Lipinski definition) is 0. The Kier molecular flexibility index (Phi) is 8.27. The topological polar surface area (TPSA) is 65.0 Å². The van der Waals surface area contributed by atoms with Gasteiger partial charge >= 0.3 is 0 Å². The summed E-state index contributed by atoms with van der Waals surface area (Å²) in [5, 5.41) is 0. The minimum absolute atomic E-state index is 0.229. The van der Waals surface area contributed by atoms with Crippen LogP contribution in [0.5, 0.6) is 5.75 Å². The van der Waals surface area contributed by atoms with Crippen molar-refractivity contribution in [1.29, 1.82) is 0 Å². The van der Waals surface area contributed by atoms with E-state index in [1.54, 1.807) is 19.5 Å². The highest BCUT2D eigenvalue weighted by atomic mass is 16.5. The molecule has 0 aliphatic heterocycles. The van der Waals surface area contributed by atoms with E-state index in [4.69, 9.17) is 9.72 Å². The van der Waals surface area contributed by atoms with Gasteiger partial charge in [-0.3, -0.25) is 14.8 Å². The normalized spacial score (nSPS) is 11.8. The molecule has 3 aromatic rings. The van der Waals surface area contributed by atoms with Gasteiger partial charge in [-0.25, -0.2) is 4.98 Å². The van der Waals surface area contributed by atoms with Crippen LogP contribution in [0.3, 0.4) is 0 Å². The van der Waals surface area contributed by atoms with Gasteiger partial charge < -0.3 is 4.74 Å². The lowest BCUT2D eigenvalue weighted by molar-refractivity contribution is -0.118. The highest BCUT2D eigenvalue weighted by molar-refractivity contribution is 5.81. The van der Waals surface area contributed by atoms with Crippen LogP contribution < -0.4 is 4.74 Å². The van der Waals surface area contributed by atoms with Crippen molar-refractivity contribution in [3.8, 4) is 17.0 Å². The number of benzene rings is 1. The van der Waals surface area contributed by atoms with Crippen molar-refractivity contribution in [2.24, 2.45) is 0 Å². The molecule has 0 radical (unpaired) electrons. The highest BCUT2D eigenvalue weighted by Crippen LogP contribution is 2.28. The van der Waals surface area contributed by atoms with Crippen LogP contribution in [0.4, 0.5) is 0 Å². The number of aromatic nitrogens is 3. The number of ether oxygens (including phenoxy) is 1. The molecule has 0 spiro atoms. The van der Waals surface area contributed by atoms with Gasteiger partial charge in [0.05, 0.1) is 24.7 Å². The molecule has 3 rings (SSSR count). The Morgan fingerprint density at radius 2 is 1.94 bits per heavy atom. The van der Waals surface area contributed by atoms with Crippen molar-refractivity contribution in [2.75, 3.05) is 7.11 Å². The van der Waals surface area contributed by atoms with E-state index in [0.29, 0.717) is 24.5 Å². The van der Waals surface area contributed by atoms with Crippen molar-refractivity contribution >= 4 is 5.78 Å². The molecule has 0 saturated heterocycles. The molecule has 0 aliphatic carbocycles. The lowest BCUT2D eigenvalue weighted by Gasteiger charge is -2.16. The monoisotopic (exact) mass is 417 g/mol. The molecule has 2 aromatic heterocycles. The summed E-state index contributed by atoms with van der Waals surface area (Å²) in [6.45, 7) is 4.22. The van der Waals surface area contributed by atoms with E-state index < -0.39 is 0 Å². The van der Waals surface area contributed by atoms with E-state index in [2.05, 4.69) is 23.0 Å². The SMILES string of the molecule is CCCC(=O)Cc1ccc(-c2cncc(CC(CCC)c3cccnc3)n2)cc1OC. The van der Waals surface area contributed by atoms with Crippen LogP contribution in [0.2, 0.25) is 0 Å². The second kappa shape index (κ2) is 11.3. The van der Waals surface area contributed by atoms with Gasteiger partial charge in [-0.1, -0.05) is 38.5 Å². The molecule has 1 atom stereocenters. The molecule has 0 N–H and O–H groups in total. The second-order valence-electron chi connectivity index (χ2n) is 7.86. The summed E-state index contributed by atoms with van der Waals surface area (Å²) < 4.78 is 5.56. The molecule has 0 bridgehead atoms. The Balaban J connectivity index is 1.82. The number of methoxy groups -OCH3 is 1. The lowest BCUT2D eigenvalue weighted by atomic mass is 9.91. The Bertz CT molecular complexity index is 989. The molecule has 2 heterocycles. The third-order valence-corrected chi connectivity index (χ3v) is 5.43. The summed E-state index contributed by atoms with van der Waals surface area (Å²) >= 11 is 0. The van der Waals surface area contributed by atoms with Gasteiger partial charge in [0.15, 0.2) is 0 Å². The predicted octanol–water partition coefficient (Wildman–Crippen LogP) is 5.59. The molecule has 31 heavy (non-hydrogen) atoms. The van der Waals surface area contributed by atoms with Gasteiger partial charge in [-0.15, -0.1) is 0 Å². The number of nitrogens with zero attached hydrogens (tertiary/aromatic N) is 3. The predicted molar refractivity (Wildman–Crippen MR) is 123 cm³/mol. The fraction of sp³-hybridized carbons (Fsp3) is 0.385. The average Bonchev–Trinajstić information content (AvgIpc) is 2.80. The third kappa shape index (κ3) is 6.20.